The molecule has 0 saturated carbocycles. The Morgan fingerprint density at radius 3 is 2.81 bits per heavy atom. The first-order valence-electron chi connectivity index (χ1n) is 7.34. The van der Waals surface area contributed by atoms with Crippen molar-refractivity contribution in [1.82, 2.24) is 9.97 Å². The summed E-state index contributed by atoms with van der Waals surface area (Å²) in [6.45, 7) is 0. The molecule has 2 aromatic heterocycles. The highest BCUT2D eigenvalue weighted by molar-refractivity contribution is 7.98. The highest BCUT2D eigenvalue weighted by Crippen LogP contribution is 2.39. The van der Waals surface area contributed by atoms with E-state index in [9.17, 15) is 0 Å². The minimum atomic E-state index is 0.970. The third-order valence-corrected chi connectivity index (χ3v) is 6.20. The van der Waals surface area contributed by atoms with E-state index in [1.165, 1.54) is 47.0 Å². The van der Waals surface area contributed by atoms with E-state index < -0.39 is 0 Å². The molecule has 4 heteroatoms. The van der Waals surface area contributed by atoms with Gasteiger partial charge < -0.3 is 0 Å². The van der Waals surface area contributed by atoms with E-state index in [1.54, 1.807) is 11.2 Å². The van der Waals surface area contributed by atoms with Crippen molar-refractivity contribution in [3.05, 3.63) is 52.7 Å². The molecule has 3 aromatic rings. The van der Waals surface area contributed by atoms with Gasteiger partial charge >= 0.3 is 0 Å². The Bertz CT molecular complexity index is 765. The molecule has 2 nitrogen and oxygen atoms in total. The molecule has 21 heavy (non-hydrogen) atoms. The Morgan fingerprint density at radius 1 is 1.05 bits per heavy atom. The van der Waals surface area contributed by atoms with Gasteiger partial charge in [-0.25, -0.2) is 9.97 Å². The molecule has 2 heterocycles. The molecule has 0 radical (unpaired) electrons. The van der Waals surface area contributed by atoms with Gasteiger partial charge in [0.25, 0.3) is 0 Å². The Hall–Kier alpha value is -1.39. The van der Waals surface area contributed by atoms with E-state index in [0.29, 0.717) is 0 Å². The van der Waals surface area contributed by atoms with Gasteiger partial charge in [-0.3, -0.25) is 0 Å². The van der Waals surface area contributed by atoms with Crippen LogP contribution >= 0.6 is 23.1 Å². The maximum atomic E-state index is 4.56. The van der Waals surface area contributed by atoms with Crippen LogP contribution in [0.25, 0.3) is 10.2 Å². The van der Waals surface area contributed by atoms with Crippen LogP contribution in [0.1, 0.15) is 28.8 Å². The first-order chi connectivity index (χ1) is 10.4. The van der Waals surface area contributed by atoms with Crippen LogP contribution in [0.3, 0.4) is 0 Å². The second-order valence-corrected chi connectivity index (χ2v) is 7.39. The Kier molecular flexibility index (Phi) is 3.65. The van der Waals surface area contributed by atoms with Crippen LogP contribution in [0.4, 0.5) is 0 Å². The fourth-order valence-corrected chi connectivity index (χ4v) is 5.17. The summed E-state index contributed by atoms with van der Waals surface area (Å²) in [4.78, 5) is 11.8. The highest BCUT2D eigenvalue weighted by atomic mass is 32.2. The Labute approximate surface area is 132 Å². The van der Waals surface area contributed by atoms with E-state index in [2.05, 4.69) is 40.3 Å². The van der Waals surface area contributed by atoms with Crippen molar-refractivity contribution in [3.8, 4) is 0 Å². The fraction of sp³-hybridized carbons (Fsp3) is 0.294. The molecule has 1 aliphatic carbocycles. The Balaban J connectivity index is 1.70. The topological polar surface area (TPSA) is 25.8 Å². The van der Waals surface area contributed by atoms with Gasteiger partial charge in [-0.15, -0.1) is 23.1 Å². The summed E-state index contributed by atoms with van der Waals surface area (Å²) in [7, 11) is 0. The van der Waals surface area contributed by atoms with E-state index >= 15 is 0 Å². The minimum Gasteiger partial charge on any atom is -0.229 e. The molecule has 0 spiro atoms. The molecular formula is C17H16N2S2. The SMILES string of the molecule is c1ccc(CSc2ncnc3sc4c(c23)CCCC4)cc1. The summed E-state index contributed by atoms with van der Waals surface area (Å²) in [6.07, 6.45) is 6.76. The van der Waals surface area contributed by atoms with Crippen LogP contribution in [0.2, 0.25) is 0 Å². The fourth-order valence-electron chi connectivity index (χ4n) is 2.90. The van der Waals surface area contributed by atoms with Crippen LogP contribution < -0.4 is 0 Å². The van der Waals surface area contributed by atoms with Gasteiger partial charge in [-0.05, 0) is 36.8 Å². The first kappa shape index (κ1) is 13.3. The number of aryl methyl sites for hydroxylation is 2. The zero-order chi connectivity index (χ0) is 14.1. The molecule has 0 amide bonds. The maximum Gasteiger partial charge on any atom is 0.128 e. The number of thioether (sulfide) groups is 1. The minimum absolute atomic E-state index is 0.970. The van der Waals surface area contributed by atoms with Crippen molar-refractivity contribution >= 4 is 33.3 Å². The van der Waals surface area contributed by atoms with E-state index in [4.69, 9.17) is 0 Å². The Morgan fingerprint density at radius 2 is 1.90 bits per heavy atom. The lowest BCUT2D eigenvalue weighted by Gasteiger charge is -2.11. The largest absolute Gasteiger partial charge is 0.229 e. The molecule has 1 aliphatic rings. The first-order valence-corrected chi connectivity index (χ1v) is 9.14. The van der Waals surface area contributed by atoms with E-state index in [1.807, 2.05) is 23.1 Å². The number of aromatic nitrogens is 2. The van der Waals surface area contributed by atoms with Crippen LogP contribution in [0, 0.1) is 0 Å². The lowest BCUT2D eigenvalue weighted by molar-refractivity contribution is 0.699. The average molecular weight is 312 g/mol. The van der Waals surface area contributed by atoms with Gasteiger partial charge in [-0.2, -0.15) is 0 Å². The standard InChI is InChI=1S/C17H16N2S2/c1-2-6-12(7-3-1)10-20-16-15-13-8-4-5-9-14(13)21-17(15)19-11-18-16/h1-3,6-7,11H,4-5,8-10H2. The summed E-state index contributed by atoms with van der Waals surface area (Å²) in [5, 5.41) is 2.49. The number of rotatable bonds is 3. The summed E-state index contributed by atoms with van der Waals surface area (Å²) >= 11 is 3.71. The zero-order valence-corrected chi connectivity index (χ0v) is 13.3. The number of hydrogen-bond donors (Lipinski definition) is 0. The molecule has 0 atom stereocenters. The van der Waals surface area contributed by atoms with Crippen molar-refractivity contribution < 1.29 is 0 Å². The van der Waals surface area contributed by atoms with Crippen molar-refractivity contribution in [2.24, 2.45) is 0 Å². The van der Waals surface area contributed by atoms with Crippen molar-refractivity contribution in [2.75, 3.05) is 0 Å². The van der Waals surface area contributed by atoms with Gasteiger partial charge in [0.2, 0.25) is 0 Å². The lowest BCUT2D eigenvalue weighted by atomic mass is 9.97. The van der Waals surface area contributed by atoms with Gasteiger partial charge in [0, 0.05) is 16.0 Å². The number of fused-ring (bicyclic) bond motifs is 3. The van der Waals surface area contributed by atoms with Crippen molar-refractivity contribution in [2.45, 2.75) is 36.5 Å². The second-order valence-electron chi connectivity index (χ2n) is 5.34. The smallest absolute Gasteiger partial charge is 0.128 e. The van der Waals surface area contributed by atoms with Crippen LogP contribution in [-0.4, -0.2) is 9.97 Å². The molecule has 0 saturated heterocycles. The highest BCUT2D eigenvalue weighted by Gasteiger charge is 2.19. The van der Waals surface area contributed by atoms with Crippen molar-refractivity contribution in [1.29, 1.82) is 0 Å². The second kappa shape index (κ2) is 5.78. The lowest BCUT2D eigenvalue weighted by Crippen LogP contribution is -1.99. The molecule has 0 bridgehead atoms. The molecule has 4 rings (SSSR count). The van der Waals surface area contributed by atoms with Gasteiger partial charge in [0.1, 0.15) is 16.2 Å². The summed E-state index contributed by atoms with van der Waals surface area (Å²) in [6, 6.07) is 10.6. The summed E-state index contributed by atoms with van der Waals surface area (Å²) < 4.78 is 0. The van der Waals surface area contributed by atoms with Crippen LogP contribution in [0.15, 0.2) is 41.7 Å². The monoisotopic (exact) mass is 312 g/mol. The summed E-state index contributed by atoms with van der Waals surface area (Å²) in [5.41, 5.74) is 2.87. The predicted octanol–water partition coefficient (Wildman–Crippen LogP) is 4.86. The van der Waals surface area contributed by atoms with Crippen molar-refractivity contribution in [3.63, 3.8) is 0 Å². The number of hydrogen-bond acceptors (Lipinski definition) is 4. The molecule has 0 unspecified atom stereocenters. The van der Waals surface area contributed by atoms with Gasteiger partial charge in [-0.1, -0.05) is 30.3 Å². The maximum absolute atomic E-state index is 4.56. The third kappa shape index (κ3) is 2.58. The number of nitrogens with zero attached hydrogens (tertiary/aromatic N) is 2. The van der Waals surface area contributed by atoms with E-state index in [0.717, 1.165) is 10.8 Å². The summed E-state index contributed by atoms with van der Waals surface area (Å²) in [5.74, 6) is 0.970. The average Bonchev–Trinajstić information content (AvgIpc) is 2.93. The molecule has 106 valence electrons. The van der Waals surface area contributed by atoms with Gasteiger partial charge in [0.05, 0.1) is 0 Å². The molecule has 0 aliphatic heterocycles. The van der Waals surface area contributed by atoms with Gasteiger partial charge in [0.15, 0.2) is 0 Å². The van der Waals surface area contributed by atoms with Crippen LogP contribution in [0.5, 0.6) is 0 Å². The molecule has 0 fully saturated rings. The molecule has 1 aromatic carbocycles. The predicted molar refractivity (Wildman–Crippen MR) is 90.1 cm³/mol. The van der Waals surface area contributed by atoms with Crippen LogP contribution in [-0.2, 0) is 18.6 Å². The third-order valence-electron chi connectivity index (χ3n) is 3.93. The van der Waals surface area contributed by atoms with E-state index in [-0.39, 0.29) is 0 Å². The number of thiophene rings is 1. The normalized spacial score (nSPS) is 14.3. The zero-order valence-electron chi connectivity index (χ0n) is 11.7. The molecule has 0 N–H and O–H groups in total. The molecular weight excluding hydrogens is 296 g/mol. The number of benzene rings is 1. The quantitative estimate of drug-likeness (QED) is 0.510.